The molecule has 0 aliphatic rings. The normalized spacial score (nSPS) is 10.4. The Morgan fingerprint density at radius 3 is 3.00 bits per heavy atom. The van der Waals surface area contributed by atoms with E-state index >= 15 is 0 Å². The molecule has 0 aliphatic carbocycles. The van der Waals surface area contributed by atoms with Crippen LogP contribution < -0.4 is 0 Å². The molecule has 0 bridgehead atoms. The molecule has 0 radical (unpaired) electrons. The molecule has 13 heavy (non-hydrogen) atoms. The van der Waals surface area contributed by atoms with Crippen molar-refractivity contribution in [2.45, 2.75) is 6.54 Å². The Balaban J connectivity index is 2.33. The highest BCUT2D eigenvalue weighted by Gasteiger charge is 2.06. The molecule has 0 unspecified atom stereocenters. The average Bonchev–Trinajstić information content (AvgIpc) is 2.56. The third-order valence-corrected chi connectivity index (χ3v) is 2.39. The Bertz CT molecular complexity index is 259. The Labute approximate surface area is 81.9 Å². The monoisotopic (exact) mass is 199 g/mol. The van der Waals surface area contributed by atoms with Crippen LogP contribution in [0.4, 0.5) is 0 Å². The zero-order valence-corrected chi connectivity index (χ0v) is 8.63. The van der Waals surface area contributed by atoms with Gasteiger partial charge in [-0.25, -0.2) is 0 Å². The first kappa shape index (κ1) is 10.2. The molecule has 0 saturated heterocycles. The maximum Gasteiger partial charge on any atom is 0.319 e. The lowest BCUT2D eigenvalue weighted by Gasteiger charge is -2.13. The van der Waals surface area contributed by atoms with Gasteiger partial charge in [-0.3, -0.25) is 9.69 Å². The summed E-state index contributed by atoms with van der Waals surface area (Å²) in [4.78, 5) is 12.8. The number of hydrogen-bond acceptors (Lipinski definition) is 4. The summed E-state index contributed by atoms with van der Waals surface area (Å²) in [5, 5.41) is 4.11. The predicted octanol–water partition coefficient (Wildman–Crippen LogP) is 1.35. The lowest BCUT2D eigenvalue weighted by atomic mass is 10.3. The lowest BCUT2D eigenvalue weighted by Crippen LogP contribution is -2.26. The topological polar surface area (TPSA) is 29.5 Å². The fourth-order valence-corrected chi connectivity index (χ4v) is 1.69. The van der Waals surface area contributed by atoms with Gasteiger partial charge >= 0.3 is 5.97 Å². The molecule has 0 spiro atoms. The standard InChI is InChI=1S/C9H13NO2S/c1-10(6-9(11)12-2)5-8-3-4-13-7-8/h3-4,7H,5-6H2,1-2H3. The van der Waals surface area contributed by atoms with E-state index in [9.17, 15) is 4.79 Å². The molecule has 1 aromatic rings. The second-order valence-electron chi connectivity index (χ2n) is 2.88. The van der Waals surface area contributed by atoms with Crippen LogP contribution in [0, 0.1) is 0 Å². The van der Waals surface area contributed by atoms with Crippen LogP contribution in [0.25, 0.3) is 0 Å². The fourth-order valence-electron chi connectivity index (χ4n) is 1.04. The van der Waals surface area contributed by atoms with Crippen molar-refractivity contribution in [3.8, 4) is 0 Å². The quantitative estimate of drug-likeness (QED) is 0.686. The largest absolute Gasteiger partial charge is 0.468 e. The minimum Gasteiger partial charge on any atom is -0.468 e. The lowest BCUT2D eigenvalue weighted by molar-refractivity contribution is -0.141. The van der Waals surface area contributed by atoms with Crippen LogP contribution >= 0.6 is 11.3 Å². The second kappa shape index (κ2) is 4.99. The number of carbonyl (C=O) groups is 1. The molecular formula is C9H13NO2S. The summed E-state index contributed by atoms with van der Waals surface area (Å²) in [5.74, 6) is -0.197. The van der Waals surface area contributed by atoms with Crippen molar-refractivity contribution in [1.82, 2.24) is 4.90 Å². The van der Waals surface area contributed by atoms with Crippen molar-refractivity contribution in [2.75, 3.05) is 20.7 Å². The van der Waals surface area contributed by atoms with E-state index in [-0.39, 0.29) is 5.97 Å². The van der Waals surface area contributed by atoms with Crippen LogP contribution in [-0.2, 0) is 16.1 Å². The SMILES string of the molecule is COC(=O)CN(C)Cc1ccsc1. The van der Waals surface area contributed by atoms with Crippen molar-refractivity contribution in [3.63, 3.8) is 0 Å². The molecule has 1 heterocycles. The molecule has 0 amide bonds. The summed E-state index contributed by atoms with van der Waals surface area (Å²) in [7, 11) is 3.30. The Morgan fingerprint density at radius 1 is 1.69 bits per heavy atom. The Morgan fingerprint density at radius 2 is 2.46 bits per heavy atom. The first-order valence-electron chi connectivity index (χ1n) is 3.99. The molecule has 0 saturated carbocycles. The van der Waals surface area contributed by atoms with Gasteiger partial charge in [-0.2, -0.15) is 11.3 Å². The molecule has 1 aromatic heterocycles. The Kier molecular flexibility index (Phi) is 3.92. The summed E-state index contributed by atoms with van der Waals surface area (Å²) >= 11 is 1.66. The molecular weight excluding hydrogens is 186 g/mol. The summed E-state index contributed by atoms with van der Waals surface area (Å²) in [6.45, 7) is 1.13. The van der Waals surface area contributed by atoms with E-state index in [1.807, 2.05) is 17.3 Å². The minimum atomic E-state index is -0.197. The molecule has 0 aliphatic heterocycles. The first-order chi connectivity index (χ1) is 6.22. The van der Waals surface area contributed by atoms with Crippen molar-refractivity contribution in [2.24, 2.45) is 0 Å². The molecule has 0 N–H and O–H groups in total. The molecule has 4 heteroatoms. The van der Waals surface area contributed by atoms with Gasteiger partial charge in [0.1, 0.15) is 0 Å². The minimum absolute atomic E-state index is 0.197. The number of esters is 1. The van der Waals surface area contributed by atoms with Gasteiger partial charge in [-0.15, -0.1) is 0 Å². The predicted molar refractivity (Wildman–Crippen MR) is 52.7 cm³/mol. The smallest absolute Gasteiger partial charge is 0.319 e. The third-order valence-electron chi connectivity index (χ3n) is 1.66. The highest BCUT2D eigenvalue weighted by molar-refractivity contribution is 7.07. The summed E-state index contributed by atoms with van der Waals surface area (Å²) < 4.78 is 4.56. The summed E-state index contributed by atoms with van der Waals surface area (Å²) in [5.41, 5.74) is 1.23. The Hall–Kier alpha value is -0.870. The number of carbonyl (C=O) groups excluding carboxylic acids is 1. The van der Waals surface area contributed by atoms with Crippen molar-refractivity contribution < 1.29 is 9.53 Å². The number of nitrogens with zero attached hydrogens (tertiary/aromatic N) is 1. The number of ether oxygens (including phenoxy) is 1. The van der Waals surface area contributed by atoms with E-state index in [1.54, 1.807) is 11.3 Å². The number of rotatable bonds is 4. The third kappa shape index (κ3) is 3.57. The van der Waals surface area contributed by atoms with Crippen LogP contribution in [0.5, 0.6) is 0 Å². The van der Waals surface area contributed by atoms with Crippen molar-refractivity contribution in [1.29, 1.82) is 0 Å². The van der Waals surface area contributed by atoms with E-state index in [0.29, 0.717) is 6.54 Å². The van der Waals surface area contributed by atoms with Gasteiger partial charge in [0, 0.05) is 6.54 Å². The number of methoxy groups -OCH3 is 1. The first-order valence-corrected chi connectivity index (χ1v) is 4.93. The molecule has 0 aromatic carbocycles. The van der Waals surface area contributed by atoms with Gasteiger partial charge in [-0.05, 0) is 29.4 Å². The van der Waals surface area contributed by atoms with Crippen LogP contribution in [0.1, 0.15) is 5.56 Å². The number of hydrogen-bond donors (Lipinski definition) is 0. The van der Waals surface area contributed by atoms with Crippen LogP contribution in [0.3, 0.4) is 0 Å². The van der Waals surface area contributed by atoms with Gasteiger partial charge in [0.25, 0.3) is 0 Å². The molecule has 0 fully saturated rings. The highest BCUT2D eigenvalue weighted by atomic mass is 32.1. The van der Waals surface area contributed by atoms with Crippen molar-refractivity contribution >= 4 is 17.3 Å². The zero-order valence-electron chi connectivity index (χ0n) is 7.82. The van der Waals surface area contributed by atoms with Gasteiger partial charge < -0.3 is 4.74 Å². The van der Waals surface area contributed by atoms with E-state index in [0.717, 1.165) is 6.54 Å². The van der Waals surface area contributed by atoms with Gasteiger partial charge in [0.2, 0.25) is 0 Å². The molecule has 1 rings (SSSR count). The second-order valence-corrected chi connectivity index (χ2v) is 3.66. The van der Waals surface area contributed by atoms with Crippen LogP contribution in [-0.4, -0.2) is 31.6 Å². The average molecular weight is 199 g/mol. The van der Waals surface area contributed by atoms with Crippen molar-refractivity contribution in [3.05, 3.63) is 22.4 Å². The molecule has 0 atom stereocenters. The summed E-state index contributed by atoms with van der Waals surface area (Å²) in [6.07, 6.45) is 0. The van der Waals surface area contributed by atoms with Gasteiger partial charge in [0.15, 0.2) is 0 Å². The van der Waals surface area contributed by atoms with Crippen LogP contribution in [0.2, 0.25) is 0 Å². The van der Waals surface area contributed by atoms with E-state index in [2.05, 4.69) is 16.2 Å². The van der Waals surface area contributed by atoms with Crippen LogP contribution in [0.15, 0.2) is 16.8 Å². The number of thiophene rings is 1. The zero-order chi connectivity index (χ0) is 9.68. The maximum absolute atomic E-state index is 10.9. The van der Waals surface area contributed by atoms with Gasteiger partial charge in [0.05, 0.1) is 13.7 Å². The van der Waals surface area contributed by atoms with E-state index in [1.165, 1.54) is 12.7 Å². The maximum atomic E-state index is 10.9. The van der Waals surface area contributed by atoms with E-state index < -0.39 is 0 Å². The molecule has 72 valence electrons. The van der Waals surface area contributed by atoms with Gasteiger partial charge in [-0.1, -0.05) is 0 Å². The fraction of sp³-hybridized carbons (Fsp3) is 0.444. The summed E-state index contributed by atoms with van der Waals surface area (Å²) in [6, 6.07) is 2.05. The number of likely N-dealkylation sites (N-methyl/N-ethyl adjacent to an activating group) is 1. The highest BCUT2D eigenvalue weighted by Crippen LogP contribution is 2.07. The molecule has 3 nitrogen and oxygen atoms in total. The van der Waals surface area contributed by atoms with E-state index in [4.69, 9.17) is 0 Å².